The third-order valence-corrected chi connectivity index (χ3v) is 5.45. The van der Waals surface area contributed by atoms with E-state index in [-0.39, 0.29) is 11.9 Å². The number of halogens is 2. The molecule has 0 aromatic heterocycles. The van der Waals surface area contributed by atoms with E-state index in [1.165, 1.54) is 12.8 Å². The van der Waals surface area contributed by atoms with Gasteiger partial charge in [-0.25, -0.2) is 0 Å². The number of benzene rings is 1. The maximum Gasteiger partial charge on any atom is 0.255 e. The van der Waals surface area contributed by atoms with Crippen LogP contribution in [0.5, 0.6) is 5.75 Å². The highest BCUT2D eigenvalue weighted by molar-refractivity contribution is 14.1. The molecule has 1 unspecified atom stereocenters. The average Bonchev–Trinajstić information content (AvgIpc) is 2.47. The lowest BCUT2D eigenvalue weighted by Crippen LogP contribution is -2.57. The van der Waals surface area contributed by atoms with Crippen molar-refractivity contribution in [1.29, 1.82) is 0 Å². The Morgan fingerprint density at radius 2 is 2.14 bits per heavy atom. The van der Waals surface area contributed by atoms with Gasteiger partial charge in [-0.3, -0.25) is 4.79 Å². The van der Waals surface area contributed by atoms with E-state index < -0.39 is 0 Å². The third kappa shape index (κ3) is 3.14. The highest BCUT2D eigenvalue weighted by Crippen LogP contribution is 2.31. The minimum atomic E-state index is -0.0917. The molecule has 0 spiro atoms. The second kappa shape index (κ2) is 6.30. The highest BCUT2D eigenvalue weighted by atomic mass is 127. The first kappa shape index (κ1) is 15.4. The smallest absolute Gasteiger partial charge is 0.255 e. The highest BCUT2D eigenvalue weighted by Gasteiger charge is 2.35. The fourth-order valence-electron chi connectivity index (χ4n) is 3.31. The lowest BCUT2D eigenvalue weighted by molar-refractivity contribution is 0.0619. The number of rotatable bonds is 3. The number of fused-ring (bicyclic) bond motifs is 3. The maximum absolute atomic E-state index is 12.6. The van der Waals surface area contributed by atoms with Gasteiger partial charge in [-0.05, 0) is 66.6 Å². The molecular formula is C15H18ClIN2O2. The largest absolute Gasteiger partial charge is 0.495 e. The van der Waals surface area contributed by atoms with E-state index in [1.54, 1.807) is 19.2 Å². The Morgan fingerprint density at radius 3 is 2.71 bits per heavy atom. The molecular weight excluding hydrogens is 403 g/mol. The van der Waals surface area contributed by atoms with Crippen LogP contribution in [0.3, 0.4) is 0 Å². The van der Waals surface area contributed by atoms with Crippen molar-refractivity contribution in [2.45, 2.75) is 18.9 Å². The van der Waals surface area contributed by atoms with Gasteiger partial charge in [0.15, 0.2) is 0 Å². The number of nitrogens with zero attached hydrogens (tertiary/aromatic N) is 1. The first-order valence-electron chi connectivity index (χ1n) is 7.14. The first-order chi connectivity index (χ1) is 10.1. The third-order valence-electron chi connectivity index (χ3n) is 4.43. The molecule has 3 aliphatic heterocycles. The summed E-state index contributed by atoms with van der Waals surface area (Å²) in [5.41, 5.74) is 0.519. The molecule has 3 aliphatic rings. The number of carbonyl (C=O) groups is 1. The summed E-state index contributed by atoms with van der Waals surface area (Å²) >= 11 is 8.22. The van der Waals surface area contributed by atoms with Crippen molar-refractivity contribution >= 4 is 40.1 Å². The van der Waals surface area contributed by atoms with Crippen LogP contribution in [0, 0.1) is 9.49 Å². The predicted molar refractivity (Wildman–Crippen MR) is 91.1 cm³/mol. The maximum atomic E-state index is 12.6. The van der Waals surface area contributed by atoms with Crippen LogP contribution in [0.15, 0.2) is 12.1 Å². The molecule has 4 rings (SSSR count). The molecule has 1 aromatic rings. The van der Waals surface area contributed by atoms with Crippen molar-refractivity contribution in [3.05, 3.63) is 26.3 Å². The van der Waals surface area contributed by atoms with Gasteiger partial charge < -0.3 is 15.0 Å². The number of nitrogens with one attached hydrogen (secondary N) is 1. The second-order valence-electron chi connectivity index (χ2n) is 5.69. The minimum Gasteiger partial charge on any atom is -0.495 e. The van der Waals surface area contributed by atoms with Gasteiger partial charge >= 0.3 is 0 Å². The number of piperidine rings is 3. The Balaban J connectivity index is 1.79. The molecule has 0 radical (unpaired) electrons. The Bertz CT molecular complexity index is 559. The summed E-state index contributed by atoms with van der Waals surface area (Å²) in [6, 6.07) is 3.71. The number of amides is 1. The van der Waals surface area contributed by atoms with Gasteiger partial charge in [0.25, 0.3) is 5.91 Å². The van der Waals surface area contributed by atoms with E-state index >= 15 is 0 Å². The van der Waals surface area contributed by atoms with Crippen LogP contribution in [0.25, 0.3) is 0 Å². The summed E-state index contributed by atoms with van der Waals surface area (Å²) in [7, 11) is 1.58. The molecule has 4 nitrogen and oxygen atoms in total. The molecule has 1 atom stereocenters. The van der Waals surface area contributed by atoms with Crippen LogP contribution in [0.2, 0.25) is 5.02 Å². The van der Waals surface area contributed by atoms with Gasteiger partial charge in [0.1, 0.15) is 5.75 Å². The fraction of sp³-hybridized carbons (Fsp3) is 0.533. The Hall–Kier alpha value is -0.530. The van der Waals surface area contributed by atoms with Gasteiger partial charge in [0.05, 0.1) is 16.2 Å². The summed E-state index contributed by atoms with van der Waals surface area (Å²) in [5.74, 6) is 1.10. The van der Waals surface area contributed by atoms with Crippen LogP contribution in [-0.2, 0) is 0 Å². The van der Waals surface area contributed by atoms with Crippen molar-refractivity contribution in [3.8, 4) is 5.75 Å². The second-order valence-corrected chi connectivity index (χ2v) is 7.29. The van der Waals surface area contributed by atoms with Crippen LogP contribution >= 0.6 is 34.2 Å². The molecule has 0 saturated carbocycles. The lowest BCUT2D eigenvalue weighted by Gasteiger charge is -2.44. The van der Waals surface area contributed by atoms with E-state index in [0.717, 1.165) is 23.2 Å². The molecule has 6 heteroatoms. The SMILES string of the molecule is COc1c(I)cc(Cl)cc1C(=O)NC1CN2CCC1CC2. The van der Waals surface area contributed by atoms with Crippen molar-refractivity contribution in [3.63, 3.8) is 0 Å². The van der Waals surface area contributed by atoms with E-state index in [2.05, 4.69) is 32.8 Å². The number of methoxy groups -OCH3 is 1. The number of ether oxygens (including phenoxy) is 1. The number of hydrogen-bond donors (Lipinski definition) is 1. The summed E-state index contributed by atoms with van der Waals surface area (Å²) in [6.45, 7) is 3.28. The molecule has 1 aromatic carbocycles. The van der Waals surface area contributed by atoms with E-state index in [4.69, 9.17) is 16.3 Å². The van der Waals surface area contributed by atoms with Crippen molar-refractivity contribution in [1.82, 2.24) is 10.2 Å². The van der Waals surface area contributed by atoms with Gasteiger partial charge in [-0.15, -0.1) is 0 Å². The molecule has 114 valence electrons. The quantitative estimate of drug-likeness (QED) is 0.765. The van der Waals surface area contributed by atoms with Crippen molar-refractivity contribution in [2.24, 2.45) is 5.92 Å². The first-order valence-corrected chi connectivity index (χ1v) is 8.60. The van der Waals surface area contributed by atoms with Gasteiger partial charge in [-0.2, -0.15) is 0 Å². The van der Waals surface area contributed by atoms with Crippen LogP contribution in [0.1, 0.15) is 23.2 Å². The average molecular weight is 421 g/mol. The standard InChI is InChI=1S/C15H18ClIN2O2/c1-21-14-11(6-10(16)7-12(14)17)15(20)18-13-8-19-4-2-9(13)3-5-19/h6-7,9,13H,2-5,8H2,1H3,(H,18,20). The molecule has 3 saturated heterocycles. The summed E-state index contributed by atoms with van der Waals surface area (Å²) in [4.78, 5) is 15.0. The Morgan fingerprint density at radius 1 is 1.43 bits per heavy atom. The fourth-order valence-corrected chi connectivity index (χ4v) is 4.56. The lowest BCUT2D eigenvalue weighted by atomic mass is 9.84. The molecule has 3 heterocycles. The minimum absolute atomic E-state index is 0.0917. The molecule has 1 amide bonds. The zero-order valence-electron chi connectivity index (χ0n) is 11.9. The normalized spacial score (nSPS) is 27.5. The summed E-state index contributed by atoms with van der Waals surface area (Å²) in [6.07, 6.45) is 2.35. The van der Waals surface area contributed by atoms with Crippen LogP contribution in [-0.4, -0.2) is 43.6 Å². The predicted octanol–water partition coefficient (Wildman–Crippen LogP) is 2.78. The zero-order chi connectivity index (χ0) is 15.0. The van der Waals surface area contributed by atoms with Crippen molar-refractivity contribution < 1.29 is 9.53 Å². The molecule has 2 bridgehead atoms. The summed E-state index contributed by atoms with van der Waals surface area (Å²) in [5, 5.41) is 3.73. The van der Waals surface area contributed by atoms with Crippen LogP contribution in [0.4, 0.5) is 0 Å². The number of hydrogen-bond acceptors (Lipinski definition) is 3. The molecule has 1 N–H and O–H groups in total. The Labute approximate surface area is 143 Å². The van der Waals surface area contributed by atoms with E-state index in [9.17, 15) is 4.79 Å². The van der Waals surface area contributed by atoms with Crippen LogP contribution < -0.4 is 10.1 Å². The van der Waals surface area contributed by atoms with Gasteiger partial charge in [0, 0.05) is 17.6 Å². The molecule has 21 heavy (non-hydrogen) atoms. The summed E-state index contributed by atoms with van der Waals surface area (Å²) < 4.78 is 6.21. The topological polar surface area (TPSA) is 41.6 Å². The van der Waals surface area contributed by atoms with E-state index in [1.807, 2.05) is 0 Å². The molecule has 0 aliphatic carbocycles. The van der Waals surface area contributed by atoms with E-state index in [0.29, 0.717) is 22.3 Å². The zero-order valence-corrected chi connectivity index (χ0v) is 14.8. The van der Waals surface area contributed by atoms with Crippen molar-refractivity contribution in [2.75, 3.05) is 26.7 Å². The molecule has 3 fully saturated rings. The Kier molecular flexibility index (Phi) is 4.61. The number of carbonyl (C=O) groups excluding carboxylic acids is 1. The van der Waals surface area contributed by atoms with Gasteiger partial charge in [-0.1, -0.05) is 11.6 Å². The van der Waals surface area contributed by atoms with Gasteiger partial charge in [0.2, 0.25) is 0 Å². The monoisotopic (exact) mass is 420 g/mol.